The molecule has 0 saturated heterocycles. The molecule has 0 aromatic heterocycles. The van der Waals surface area contributed by atoms with Crippen molar-refractivity contribution in [1.82, 2.24) is 5.32 Å². The summed E-state index contributed by atoms with van der Waals surface area (Å²) in [4.78, 5) is 23.7. The van der Waals surface area contributed by atoms with Crippen molar-refractivity contribution in [3.05, 3.63) is 70.3 Å². The SMILES string of the molecule is Cc1ccc(C(=O)OCC(=O)NCc2ccc(C(F)(F)F)cc2)c(C)c1. The van der Waals surface area contributed by atoms with Crippen molar-refractivity contribution < 1.29 is 27.5 Å². The van der Waals surface area contributed by atoms with Gasteiger partial charge < -0.3 is 10.1 Å². The third-order valence-electron chi connectivity index (χ3n) is 3.71. The number of rotatable bonds is 5. The fourth-order valence-electron chi connectivity index (χ4n) is 2.31. The second-order valence-corrected chi connectivity index (χ2v) is 5.87. The number of carbonyl (C=O) groups excluding carboxylic acids is 2. The van der Waals surface area contributed by atoms with Gasteiger partial charge in [0.15, 0.2) is 6.61 Å². The van der Waals surface area contributed by atoms with Crippen LogP contribution in [0.15, 0.2) is 42.5 Å². The number of carbonyl (C=O) groups is 2. The van der Waals surface area contributed by atoms with Gasteiger partial charge in [0.1, 0.15) is 0 Å². The summed E-state index contributed by atoms with van der Waals surface area (Å²) in [6.07, 6.45) is -4.40. The highest BCUT2D eigenvalue weighted by atomic mass is 19.4. The Bertz CT molecular complexity index is 799. The maximum atomic E-state index is 12.5. The maximum absolute atomic E-state index is 12.5. The van der Waals surface area contributed by atoms with Gasteiger partial charge in [-0.25, -0.2) is 4.79 Å². The predicted molar refractivity (Wildman–Crippen MR) is 89.5 cm³/mol. The van der Waals surface area contributed by atoms with Gasteiger partial charge in [0.2, 0.25) is 0 Å². The number of hydrogen-bond donors (Lipinski definition) is 1. The lowest BCUT2D eigenvalue weighted by atomic mass is 10.1. The van der Waals surface area contributed by atoms with E-state index in [2.05, 4.69) is 5.32 Å². The van der Waals surface area contributed by atoms with Crippen molar-refractivity contribution in [3.8, 4) is 0 Å². The monoisotopic (exact) mass is 365 g/mol. The molecular formula is C19H18F3NO3. The largest absolute Gasteiger partial charge is 0.452 e. The van der Waals surface area contributed by atoms with Gasteiger partial charge in [-0.15, -0.1) is 0 Å². The summed E-state index contributed by atoms with van der Waals surface area (Å²) in [7, 11) is 0. The Morgan fingerprint density at radius 3 is 2.27 bits per heavy atom. The van der Waals surface area contributed by atoms with Crippen LogP contribution in [-0.2, 0) is 22.3 Å². The lowest BCUT2D eigenvalue weighted by Gasteiger charge is -2.10. The smallest absolute Gasteiger partial charge is 0.416 e. The number of ether oxygens (including phenoxy) is 1. The molecule has 26 heavy (non-hydrogen) atoms. The standard InChI is InChI=1S/C19H18F3NO3/c1-12-3-8-16(13(2)9-12)18(25)26-11-17(24)23-10-14-4-6-15(7-5-14)19(20,21)22/h3-9H,10-11H2,1-2H3,(H,23,24). The van der Waals surface area contributed by atoms with Gasteiger partial charge in [-0.3, -0.25) is 4.79 Å². The molecule has 2 rings (SSSR count). The first-order valence-electron chi connectivity index (χ1n) is 7.84. The quantitative estimate of drug-likeness (QED) is 0.820. The molecule has 2 aromatic rings. The highest BCUT2D eigenvalue weighted by Crippen LogP contribution is 2.29. The summed E-state index contributed by atoms with van der Waals surface area (Å²) in [6, 6.07) is 9.70. The molecule has 0 aliphatic heterocycles. The minimum atomic E-state index is -4.40. The van der Waals surface area contributed by atoms with Crippen LogP contribution in [0.2, 0.25) is 0 Å². The molecule has 4 nitrogen and oxygen atoms in total. The number of hydrogen-bond acceptors (Lipinski definition) is 3. The molecule has 0 fully saturated rings. The van der Waals surface area contributed by atoms with Crippen molar-refractivity contribution in [2.24, 2.45) is 0 Å². The molecule has 0 atom stereocenters. The number of aryl methyl sites for hydroxylation is 2. The molecule has 0 saturated carbocycles. The Labute approximate surface area is 149 Å². The maximum Gasteiger partial charge on any atom is 0.416 e. The predicted octanol–water partition coefficient (Wildman–Crippen LogP) is 3.80. The van der Waals surface area contributed by atoms with Crippen molar-refractivity contribution in [2.75, 3.05) is 6.61 Å². The highest BCUT2D eigenvalue weighted by Gasteiger charge is 2.29. The molecule has 0 bridgehead atoms. The van der Waals surface area contributed by atoms with Gasteiger partial charge in [0.05, 0.1) is 11.1 Å². The van der Waals surface area contributed by atoms with E-state index in [-0.39, 0.29) is 6.54 Å². The Kier molecular flexibility index (Phi) is 6.02. The molecule has 0 aliphatic carbocycles. The van der Waals surface area contributed by atoms with Gasteiger partial charge in [-0.2, -0.15) is 13.2 Å². The van der Waals surface area contributed by atoms with Crippen LogP contribution in [0.4, 0.5) is 13.2 Å². The van der Waals surface area contributed by atoms with Crippen LogP contribution in [0.5, 0.6) is 0 Å². The van der Waals surface area contributed by atoms with Crippen molar-refractivity contribution in [2.45, 2.75) is 26.6 Å². The fourth-order valence-corrected chi connectivity index (χ4v) is 2.31. The zero-order chi connectivity index (χ0) is 19.3. The summed E-state index contributed by atoms with van der Waals surface area (Å²) >= 11 is 0. The highest BCUT2D eigenvalue weighted by molar-refractivity contribution is 5.92. The number of alkyl halides is 3. The second kappa shape index (κ2) is 8.03. The first-order valence-corrected chi connectivity index (χ1v) is 7.84. The van der Waals surface area contributed by atoms with Gasteiger partial charge in [-0.05, 0) is 43.2 Å². The number of halogens is 3. The molecule has 2 aromatic carbocycles. The van der Waals surface area contributed by atoms with Crippen LogP contribution < -0.4 is 5.32 Å². The van der Waals surface area contributed by atoms with Crippen LogP contribution in [0, 0.1) is 13.8 Å². The molecular weight excluding hydrogens is 347 g/mol. The third kappa shape index (κ3) is 5.34. The van der Waals surface area contributed by atoms with E-state index >= 15 is 0 Å². The van der Waals surface area contributed by atoms with Crippen LogP contribution in [0.3, 0.4) is 0 Å². The third-order valence-corrected chi connectivity index (χ3v) is 3.71. The van der Waals surface area contributed by atoms with E-state index in [0.717, 1.165) is 23.3 Å². The van der Waals surface area contributed by atoms with E-state index in [9.17, 15) is 22.8 Å². The fraction of sp³-hybridized carbons (Fsp3) is 0.263. The van der Waals surface area contributed by atoms with E-state index in [1.165, 1.54) is 12.1 Å². The van der Waals surface area contributed by atoms with Gasteiger partial charge in [-0.1, -0.05) is 29.8 Å². The van der Waals surface area contributed by atoms with E-state index in [0.29, 0.717) is 11.1 Å². The first kappa shape index (κ1) is 19.5. The molecule has 0 heterocycles. The van der Waals surface area contributed by atoms with Crippen LogP contribution in [-0.4, -0.2) is 18.5 Å². The molecule has 138 valence electrons. The summed E-state index contributed by atoms with van der Waals surface area (Å²) < 4.78 is 42.4. The van der Waals surface area contributed by atoms with E-state index in [1.807, 2.05) is 13.0 Å². The zero-order valence-corrected chi connectivity index (χ0v) is 14.3. The second-order valence-electron chi connectivity index (χ2n) is 5.87. The Hall–Kier alpha value is -2.83. The average Bonchev–Trinajstić information content (AvgIpc) is 2.57. The van der Waals surface area contributed by atoms with Gasteiger partial charge in [0, 0.05) is 6.54 Å². The van der Waals surface area contributed by atoms with Gasteiger partial charge in [0.25, 0.3) is 5.91 Å². The Morgan fingerprint density at radius 2 is 1.69 bits per heavy atom. The number of nitrogens with one attached hydrogen (secondary N) is 1. The molecule has 1 amide bonds. The summed E-state index contributed by atoms with van der Waals surface area (Å²) in [5.74, 6) is -1.14. The number of esters is 1. The van der Waals surface area contributed by atoms with Crippen molar-refractivity contribution in [3.63, 3.8) is 0 Å². The van der Waals surface area contributed by atoms with E-state index < -0.39 is 30.2 Å². The topological polar surface area (TPSA) is 55.4 Å². The summed E-state index contributed by atoms with van der Waals surface area (Å²) in [5, 5.41) is 2.49. The van der Waals surface area contributed by atoms with Crippen LogP contribution >= 0.6 is 0 Å². The summed E-state index contributed by atoms with van der Waals surface area (Å²) in [5.41, 5.74) is 1.89. The molecule has 1 N–H and O–H groups in total. The first-order chi connectivity index (χ1) is 12.2. The van der Waals surface area contributed by atoms with Crippen molar-refractivity contribution in [1.29, 1.82) is 0 Å². The Balaban J connectivity index is 1.82. The van der Waals surface area contributed by atoms with E-state index in [4.69, 9.17) is 4.74 Å². The minimum Gasteiger partial charge on any atom is -0.452 e. The zero-order valence-electron chi connectivity index (χ0n) is 14.3. The minimum absolute atomic E-state index is 0.0398. The van der Waals surface area contributed by atoms with Gasteiger partial charge >= 0.3 is 12.1 Å². The molecule has 0 unspecified atom stereocenters. The van der Waals surface area contributed by atoms with E-state index in [1.54, 1.807) is 19.1 Å². The average molecular weight is 365 g/mol. The molecule has 7 heteroatoms. The normalized spacial score (nSPS) is 11.1. The van der Waals surface area contributed by atoms with Crippen LogP contribution in [0.25, 0.3) is 0 Å². The van der Waals surface area contributed by atoms with Crippen LogP contribution in [0.1, 0.15) is 32.6 Å². The lowest BCUT2D eigenvalue weighted by molar-refractivity contribution is -0.137. The molecule has 0 spiro atoms. The summed E-state index contributed by atoms with van der Waals surface area (Å²) in [6.45, 7) is 3.25. The number of benzene rings is 2. The Morgan fingerprint density at radius 1 is 1.04 bits per heavy atom. The number of amides is 1. The molecule has 0 aliphatic rings. The lowest BCUT2D eigenvalue weighted by Crippen LogP contribution is -2.28. The molecule has 0 radical (unpaired) electrons. The van der Waals surface area contributed by atoms with Crippen molar-refractivity contribution >= 4 is 11.9 Å².